The minimum atomic E-state index is -1.57. The van der Waals surface area contributed by atoms with E-state index >= 15 is 0 Å². The molecule has 1 rings (SSSR count). The van der Waals surface area contributed by atoms with Crippen LogP contribution in [0, 0.1) is 0 Å². The van der Waals surface area contributed by atoms with Crippen molar-refractivity contribution in [3.8, 4) is 0 Å². The summed E-state index contributed by atoms with van der Waals surface area (Å²) in [6, 6.07) is -0.820. The van der Waals surface area contributed by atoms with Gasteiger partial charge in [-0.25, -0.2) is 0 Å². The predicted octanol–water partition coefficient (Wildman–Crippen LogP) is 17.7. The standard InChI is InChI=1S/C67H129NO8/c1-3-5-7-9-11-13-15-17-19-21-23-25-27-29-30-31-33-34-36-38-40-42-44-46-48-50-52-54-56-61(70)60(59-75-67-66(74)65(73)64(72)62(58-69)76-67)68-63(71)57-55-53-51-49-47-45-43-41-39-37-35-32-28-26-24-22-20-18-16-14-12-10-8-6-4-2/h46,48,54,56,60-62,64-67,69-70,72-74H,3-45,47,49-53,55,57-59H2,1-2H3,(H,68,71)/b48-46+,56-54+. The molecule has 0 spiro atoms. The van der Waals surface area contributed by atoms with Gasteiger partial charge in [0.1, 0.15) is 24.4 Å². The van der Waals surface area contributed by atoms with E-state index in [1.165, 1.54) is 283 Å². The molecule has 450 valence electrons. The van der Waals surface area contributed by atoms with E-state index in [9.17, 15) is 30.3 Å². The number of unbranched alkanes of at least 4 members (excludes halogenated alkanes) is 47. The Hall–Kier alpha value is -1.33. The van der Waals surface area contributed by atoms with E-state index in [-0.39, 0.29) is 12.5 Å². The number of aliphatic hydroxyl groups is 5. The number of allylic oxidation sites excluding steroid dienone is 3. The van der Waals surface area contributed by atoms with Crippen molar-refractivity contribution in [2.45, 2.75) is 384 Å². The fourth-order valence-corrected chi connectivity index (χ4v) is 11.0. The summed E-state index contributed by atoms with van der Waals surface area (Å²) in [7, 11) is 0. The molecule has 9 heteroatoms. The molecule has 1 fully saturated rings. The Morgan fingerprint density at radius 3 is 1.11 bits per heavy atom. The zero-order chi connectivity index (χ0) is 55.0. The van der Waals surface area contributed by atoms with Crippen LogP contribution in [0.4, 0.5) is 0 Å². The Balaban J connectivity index is 2.16. The second kappa shape index (κ2) is 56.9. The number of amides is 1. The molecule has 1 aliphatic rings. The Morgan fingerprint density at radius 1 is 0.434 bits per heavy atom. The van der Waals surface area contributed by atoms with Crippen molar-refractivity contribution in [2.75, 3.05) is 13.2 Å². The molecule has 7 atom stereocenters. The first kappa shape index (κ1) is 72.7. The molecular weight excluding hydrogens is 947 g/mol. The van der Waals surface area contributed by atoms with Gasteiger partial charge in [-0.2, -0.15) is 0 Å². The minimum absolute atomic E-state index is 0.178. The summed E-state index contributed by atoms with van der Waals surface area (Å²) in [5.41, 5.74) is 0. The van der Waals surface area contributed by atoms with E-state index in [1.807, 2.05) is 6.08 Å². The molecule has 0 aromatic heterocycles. The van der Waals surface area contributed by atoms with Crippen molar-refractivity contribution >= 4 is 5.91 Å². The molecular formula is C67H129NO8. The van der Waals surface area contributed by atoms with Gasteiger partial charge in [0, 0.05) is 6.42 Å². The maximum absolute atomic E-state index is 13.1. The first-order chi connectivity index (χ1) is 37.3. The molecule has 6 N–H and O–H groups in total. The van der Waals surface area contributed by atoms with Crippen molar-refractivity contribution in [2.24, 2.45) is 0 Å². The summed E-state index contributed by atoms with van der Waals surface area (Å²) in [4.78, 5) is 13.1. The zero-order valence-corrected chi connectivity index (χ0v) is 50.3. The van der Waals surface area contributed by atoms with Gasteiger partial charge in [0.25, 0.3) is 0 Å². The van der Waals surface area contributed by atoms with Crippen LogP contribution in [0.2, 0.25) is 0 Å². The van der Waals surface area contributed by atoms with E-state index in [2.05, 4.69) is 31.3 Å². The summed E-state index contributed by atoms with van der Waals surface area (Å²) < 4.78 is 11.3. The molecule has 9 nitrogen and oxygen atoms in total. The van der Waals surface area contributed by atoms with Crippen LogP contribution in [0.3, 0.4) is 0 Å². The molecule has 0 aromatic carbocycles. The van der Waals surface area contributed by atoms with E-state index in [0.29, 0.717) is 6.42 Å². The van der Waals surface area contributed by atoms with Crippen molar-refractivity contribution in [3.05, 3.63) is 24.3 Å². The lowest BCUT2D eigenvalue weighted by Gasteiger charge is -2.40. The molecule has 1 amide bonds. The SMILES string of the molecule is CCCCCCCCCCCCCCCCCCCCCCCC/C=C/CC/C=C/C(O)C(COC1OC(CO)C(O)C(O)C1O)NC(=O)CCCCCCCCCCCCCCCCCCCCCCCCCCC. The van der Waals surface area contributed by atoms with Crippen molar-refractivity contribution in [3.63, 3.8) is 0 Å². The van der Waals surface area contributed by atoms with Gasteiger partial charge in [-0.15, -0.1) is 0 Å². The summed E-state index contributed by atoms with van der Waals surface area (Å²) in [6.45, 7) is 3.82. The summed E-state index contributed by atoms with van der Waals surface area (Å²) in [6.07, 6.45) is 67.1. The lowest BCUT2D eigenvalue weighted by molar-refractivity contribution is -0.302. The number of rotatable bonds is 59. The Kier molecular flexibility index (Phi) is 54.4. The molecule has 0 saturated carbocycles. The van der Waals surface area contributed by atoms with Gasteiger partial charge in [0.15, 0.2) is 6.29 Å². The minimum Gasteiger partial charge on any atom is -0.394 e. The highest BCUT2D eigenvalue weighted by atomic mass is 16.7. The molecule has 0 radical (unpaired) electrons. The maximum atomic E-state index is 13.1. The summed E-state index contributed by atoms with van der Waals surface area (Å²) in [5, 5.41) is 54.7. The number of hydrogen-bond acceptors (Lipinski definition) is 8. The van der Waals surface area contributed by atoms with Gasteiger partial charge in [-0.1, -0.05) is 327 Å². The zero-order valence-electron chi connectivity index (χ0n) is 50.3. The monoisotopic (exact) mass is 1080 g/mol. The second-order valence-corrected chi connectivity index (χ2v) is 23.6. The first-order valence-corrected chi connectivity index (χ1v) is 33.6. The first-order valence-electron chi connectivity index (χ1n) is 33.6. The van der Waals surface area contributed by atoms with Gasteiger partial charge >= 0.3 is 0 Å². The van der Waals surface area contributed by atoms with Gasteiger partial charge in [0.2, 0.25) is 5.91 Å². The van der Waals surface area contributed by atoms with Crippen molar-refractivity contribution in [1.82, 2.24) is 5.32 Å². The Bertz CT molecular complexity index is 1250. The van der Waals surface area contributed by atoms with E-state index in [4.69, 9.17) is 9.47 Å². The Morgan fingerprint density at radius 2 is 0.750 bits per heavy atom. The number of aliphatic hydroxyl groups excluding tert-OH is 5. The average Bonchev–Trinajstić information content (AvgIpc) is 3.42. The highest BCUT2D eigenvalue weighted by molar-refractivity contribution is 5.76. The van der Waals surface area contributed by atoms with Gasteiger partial charge < -0.3 is 40.3 Å². The maximum Gasteiger partial charge on any atom is 0.220 e. The third kappa shape index (κ3) is 45.4. The van der Waals surface area contributed by atoms with Crippen LogP contribution in [0.1, 0.15) is 341 Å². The van der Waals surface area contributed by atoms with Crippen LogP contribution in [-0.4, -0.2) is 87.5 Å². The van der Waals surface area contributed by atoms with Crippen molar-refractivity contribution in [1.29, 1.82) is 0 Å². The molecule has 1 heterocycles. The fourth-order valence-electron chi connectivity index (χ4n) is 11.0. The molecule has 0 aromatic rings. The molecule has 0 aliphatic carbocycles. The van der Waals surface area contributed by atoms with E-state index in [1.54, 1.807) is 6.08 Å². The number of nitrogens with one attached hydrogen (secondary N) is 1. The third-order valence-electron chi connectivity index (χ3n) is 16.3. The van der Waals surface area contributed by atoms with Crippen LogP contribution in [0.5, 0.6) is 0 Å². The number of ether oxygens (including phenoxy) is 2. The molecule has 0 bridgehead atoms. The van der Waals surface area contributed by atoms with Crippen LogP contribution >= 0.6 is 0 Å². The number of carbonyl (C=O) groups is 1. The predicted molar refractivity (Wildman–Crippen MR) is 323 cm³/mol. The largest absolute Gasteiger partial charge is 0.394 e. The van der Waals surface area contributed by atoms with Crippen LogP contribution < -0.4 is 5.32 Å². The highest BCUT2D eigenvalue weighted by Gasteiger charge is 2.44. The topological polar surface area (TPSA) is 149 Å². The normalized spacial score (nSPS) is 18.9. The molecule has 76 heavy (non-hydrogen) atoms. The third-order valence-corrected chi connectivity index (χ3v) is 16.3. The molecule has 1 aliphatic heterocycles. The van der Waals surface area contributed by atoms with E-state index in [0.717, 1.165) is 38.5 Å². The van der Waals surface area contributed by atoms with Crippen LogP contribution in [0.25, 0.3) is 0 Å². The second-order valence-electron chi connectivity index (χ2n) is 23.6. The summed E-state index contributed by atoms with van der Waals surface area (Å²) in [5.74, 6) is -0.178. The highest BCUT2D eigenvalue weighted by Crippen LogP contribution is 2.23. The molecule has 7 unspecified atom stereocenters. The molecule has 1 saturated heterocycles. The van der Waals surface area contributed by atoms with Crippen molar-refractivity contribution < 1.29 is 39.8 Å². The number of hydrogen-bond donors (Lipinski definition) is 6. The lowest BCUT2D eigenvalue weighted by atomic mass is 9.99. The average molecular weight is 1080 g/mol. The van der Waals surface area contributed by atoms with Gasteiger partial charge in [0.05, 0.1) is 25.4 Å². The van der Waals surface area contributed by atoms with Gasteiger partial charge in [-0.3, -0.25) is 4.79 Å². The lowest BCUT2D eigenvalue weighted by Crippen LogP contribution is -2.60. The summed E-state index contributed by atoms with van der Waals surface area (Å²) >= 11 is 0. The van der Waals surface area contributed by atoms with Crippen LogP contribution in [0.15, 0.2) is 24.3 Å². The van der Waals surface area contributed by atoms with Gasteiger partial charge in [-0.05, 0) is 32.1 Å². The quantitative estimate of drug-likeness (QED) is 0.0261. The smallest absolute Gasteiger partial charge is 0.220 e. The van der Waals surface area contributed by atoms with Crippen LogP contribution in [-0.2, 0) is 14.3 Å². The Labute approximate surface area is 470 Å². The number of carbonyl (C=O) groups excluding carboxylic acids is 1. The fraction of sp³-hybridized carbons (Fsp3) is 0.925. The van der Waals surface area contributed by atoms with E-state index < -0.39 is 49.5 Å².